The molecule has 2 heterocycles. The maximum atomic E-state index is 13.0. The van der Waals surface area contributed by atoms with Gasteiger partial charge in [0.15, 0.2) is 0 Å². The molecule has 0 aliphatic carbocycles. The number of likely N-dealkylation sites (tertiary alicyclic amines) is 2. The maximum Gasteiger partial charge on any atom is 0.253 e. The van der Waals surface area contributed by atoms with Crippen LogP contribution >= 0.6 is 15.9 Å². The minimum atomic E-state index is 0.100. The molecule has 2 saturated heterocycles. The van der Waals surface area contributed by atoms with Gasteiger partial charge in [-0.25, -0.2) is 0 Å². The summed E-state index contributed by atoms with van der Waals surface area (Å²) in [6.45, 7) is 4.91. The van der Waals surface area contributed by atoms with Crippen LogP contribution in [0.15, 0.2) is 53.0 Å². The standard InChI is InChI=1S/C22H23BrN2O2/c1-15-9-19(7-8-20(15)23)22(27)25-13-16-10-17(14-25)12-24(11-16)21(26)18-5-3-2-4-6-18/h2-9,16-17H,10-14H2,1H3/t16-,17?/m0/s1. The SMILES string of the molecule is Cc1cc(C(=O)N2CC3C[C@@H](CN(C(=O)c4ccccc4)C3)C2)ccc1Br. The van der Waals surface area contributed by atoms with E-state index in [1.807, 2.05) is 65.3 Å². The minimum Gasteiger partial charge on any atom is -0.338 e. The number of halogens is 1. The summed E-state index contributed by atoms with van der Waals surface area (Å²) in [5.74, 6) is 0.910. The molecule has 2 fully saturated rings. The normalized spacial score (nSPS) is 21.9. The predicted molar refractivity (Wildman–Crippen MR) is 109 cm³/mol. The molecule has 2 aromatic rings. The molecule has 0 saturated carbocycles. The lowest BCUT2D eigenvalue weighted by atomic mass is 9.84. The first-order valence-electron chi connectivity index (χ1n) is 9.41. The number of rotatable bonds is 2. The van der Waals surface area contributed by atoms with Crippen molar-refractivity contribution in [2.24, 2.45) is 11.8 Å². The minimum absolute atomic E-state index is 0.100. The third kappa shape index (κ3) is 3.79. The van der Waals surface area contributed by atoms with Crippen molar-refractivity contribution in [3.63, 3.8) is 0 Å². The monoisotopic (exact) mass is 426 g/mol. The average molecular weight is 427 g/mol. The zero-order valence-corrected chi connectivity index (χ0v) is 17.0. The Morgan fingerprint density at radius 2 is 1.41 bits per heavy atom. The second-order valence-corrected chi connectivity index (χ2v) is 8.57. The van der Waals surface area contributed by atoms with E-state index in [1.165, 1.54) is 0 Å². The number of hydrogen-bond acceptors (Lipinski definition) is 2. The number of fused-ring (bicyclic) bond motifs is 2. The van der Waals surface area contributed by atoms with Crippen LogP contribution in [0.25, 0.3) is 0 Å². The molecule has 2 aliphatic heterocycles. The van der Waals surface area contributed by atoms with E-state index < -0.39 is 0 Å². The van der Waals surface area contributed by atoms with E-state index in [2.05, 4.69) is 15.9 Å². The van der Waals surface area contributed by atoms with Gasteiger partial charge in [-0.15, -0.1) is 0 Å². The molecule has 27 heavy (non-hydrogen) atoms. The van der Waals surface area contributed by atoms with E-state index in [-0.39, 0.29) is 11.8 Å². The summed E-state index contributed by atoms with van der Waals surface area (Å²) in [6.07, 6.45) is 1.10. The molecule has 2 atom stereocenters. The Morgan fingerprint density at radius 1 is 0.852 bits per heavy atom. The molecule has 140 valence electrons. The molecular formula is C22H23BrN2O2. The first-order chi connectivity index (χ1) is 13.0. The summed E-state index contributed by atoms with van der Waals surface area (Å²) >= 11 is 3.49. The van der Waals surface area contributed by atoms with Crippen LogP contribution in [0.2, 0.25) is 0 Å². The summed E-state index contributed by atoms with van der Waals surface area (Å²) in [7, 11) is 0. The first kappa shape index (κ1) is 18.2. The predicted octanol–water partition coefficient (Wildman–Crippen LogP) is 3.99. The lowest BCUT2D eigenvalue weighted by molar-refractivity contribution is 0.0241. The zero-order chi connectivity index (χ0) is 19.0. The van der Waals surface area contributed by atoms with Crippen LogP contribution in [0.3, 0.4) is 0 Å². The molecular weight excluding hydrogens is 404 g/mol. The summed E-state index contributed by atoms with van der Waals surface area (Å²) in [5, 5.41) is 0. The van der Waals surface area contributed by atoms with Crippen LogP contribution in [0.1, 0.15) is 32.7 Å². The average Bonchev–Trinajstić information content (AvgIpc) is 2.68. The second kappa shape index (κ2) is 7.47. The maximum absolute atomic E-state index is 13.0. The van der Waals surface area contributed by atoms with Crippen molar-refractivity contribution >= 4 is 27.7 Å². The molecule has 0 N–H and O–H groups in total. The summed E-state index contributed by atoms with van der Waals surface area (Å²) < 4.78 is 1.02. The van der Waals surface area contributed by atoms with Gasteiger partial charge in [-0.05, 0) is 61.1 Å². The lowest BCUT2D eigenvalue weighted by Gasteiger charge is -2.45. The molecule has 0 radical (unpaired) electrons. The van der Waals surface area contributed by atoms with Crippen molar-refractivity contribution in [1.29, 1.82) is 0 Å². The van der Waals surface area contributed by atoms with E-state index in [1.54, 1.807) is 0 Å². The van der Waals surface area contributed by atoms with Crippen molar-refractivity contribution in [3.8, 4) is 0 Å². The molecule has 2 amide bonds. The van der Waals surface area contributed by atoms with E-state index >= 15 is 0 Å². The van der Waals surface area contributed by atoms with Gasteiger partial charge < -0.3 is 9.80 Å². The highest BCUT2D eigenvalue weighted by Gasteiger charge is 2.37. The quantitative estimate of drug-likeness (QED) is 0.727. The number of amides is 2. The molecule has 5 heteroatoms. The number of carbonyl (C=O) groups is 2. The smallest absolute Gasteiger partial charge is 0.253 e. The Hall–Kier alpha value is -2.14. The van der Waals surface area contributed by atoms with Gasteiger partial charge in [0.05, 0.1) is 0 Å². The molecule has 4 nitrogen and oxygen atoms in total. The zero-order valence-electron chi connectivity index (χ0n) is 15.4. The molecule has 4 rings (SSSR count). The van der Waals surface area contributed by atoms with Gasteiger partial charge >= 0.3 is 0 Å². The topological polar surface area (TPSA) is 40.6 Å². The Kier molecular flexibility index (Phi) is 5.04. The summed E-state index contributed by atoms with van der Waals surface area (Å²) in [5.41, 5.74) is 2.56. The van der Waals surface area contributed by atoms with Gasteiger partial charge in [0.2, 0.25) is 0 Å². The lowest BCUT2D eigenvalue weighted by Crippen LogP contribution is -2.55. The van der Waals surface area contributed by atoms with Crippen LogP contribution in [-0.2, 0) is 0 Å². The highest BCUT2D eigenvalue weighted by Crippen LogP contribution is 2.30. The number of carbonyl (C=O) groups excluding carboxylic acids is 2. The fourth-order valence-corrected chi connectivity index (χ4v) is 4.58. The molecule has 0 spiro atoms. The van der Waals surface area contributed by atoms with Gasteiger partial charge in [0.1, 0.15) is 0 Å². The largest absolute Gasteiger partial charge is 0.338 e. The molecule has 1 unspecified atom stereocenters. The Balaban J connectivity index is 1.45. The van der Waals surface area contributed by atoms with Crippen LogP contribution in [0, 0.1) is 18.8 Å². The molecule has 2 aromatic carbocycles. The van der Waals surface area contributed by atoms with Crippen molar-refractivity contribution in [1.82, 2.24) is 9.80 Å². The van der Waals surface area contributed by atoms with Crippen molar-refractivity contribution in [3.05, 3.63) is 69.7 Å². The van der Waals surface area contributed by atoms with Crippen LogP contribution in [0.5, 0.6) is 0 Å². The fraction of sp³-hybridized carbons (Fsp3) is 0.364. The fourth-order valence-electron chi connectivity index (χ4n) is 4.34. The Morgan fingerprint density at radius 3 is 1.96 bits per heavy atom. The van der Waals surface area contributed by atoms with E-state index in [9.17, 15) is 9.59 Å². The number of aryl methyl sites for hydroxylation is 1. The highest BCUT2D eigenvalue weighted by atomic mass is 79.9. The van der Waals surface area contributed by atoms with Crippen molar-refractivity contribution < 1.29 is 9.59 Å². The van der Waals surface area contributed by atoms with Crippen LogP contribution in [0.4, 0.5) is 0 Å². The molecule has 2 bridgehead atoms. The summed E-state index contributed by atoms with van der Waals surface area (Å²) in [6, 6.07) is 15.2. The number of piperidine rings is 2. The highest BCUT2D eigenvalue weighted by molar-refractivity contribution is 9.10. The van der Waals surface area contributed by atoms with Gasteiger partial charge in [0, 0.05) is 41.8 Å². The Labute approximate surface area is 168 Å². The van der Waals surface area contributed by atoms with Crippen molar-refractivity contribution in [2.45, 2.75) is 13.3 Å². The molecule has 0 aromatic heterocycles. The van der Waals surface area contributed by atoms with Gasteiger partial charge in [-0.2, -0.15) is 0 Å². The second-order valence-electron chi connectivity index (χ2n) is 7.72. The molecule has 2 aliphatic rings. The van der Waals surface area contributed by atoms with E-state index in [0.717, 1.165) is 53.8 Å². The van der Waals surface area contributed by atoms with Crippen molar-refractivity contribution in [2.75, 3.05) is 26.2 Å². The van der Waals surface area contributed by atoms with Gasteiger partial charge in [-0.3, -0.25) is 9.59 Å². The van der Waals surface area contributed by atoms with E-state index in [4.69, 9.17) is 0 Å². The third-order valence-corrected chi connectivity index (χ3v) is 6.47. The number of nitrogens with zero attached hydrogens (tertiary/aromatic N) is 2. The first-order valence-corrected chi connectivity index (χ1v) is 10.2. The number of benzene rings is 2. The van der Waals surface area contributed by atoms with E-state index in [0.29, 0.717) is 11.8 Å². The third-order valence-electron chi connectivity index (χ3n) is 5.58. The summed E-state index contributed by atoms with van der Waals surface area (Å²) in [4.78, 5) is 29.7. The number of hydrogen-bond donors (Lipinski definition) is 0. The van der Waals surface area contributed by atoms with Gasteiger partial charge in [0.25, 0.3) is 11.8 Å². The van der Waals surface area contributed by atoms with Gasteiger partial charge in [-0.1, -0.05) is 34.1 Å². The van der Waals surface area contributed by atoms with Crippen LogP contribution < -0.4 is 0 Å². The van der Waals surface area contributed by atoms with Crippen LogP contribution in [-0.4, -0.2) is 47.8 Å². The Bertz CT molecular complexity index is 854.